The van der Waals surface area contributed by atoms with E-state index in [4.69, 9.17) is 11.6 Å². The van der Waals surface area contributed by atoms with Crippen LogP contribution in [0.15, 0.2) is 0 Å². The number of rotatable bonds is 6. The number of alkyl halides is 1. The molecule has 0 bridgehead atoms. The summed E-state index contributed by atoms with van der Waals surface area (Å²) in [7, 11) is -3.53. The molecule has 0 rings (SSSR count). The van der Waals surface area contributed by atoms with Gasteiger partial charge in [0.15, 0.2) is 0 Å². The number of hydrogen-bond acceptors (Lipinski definition) is 4. The largest absolute Gasteiger partial charge is 0.465 e. The summed E-state index contributed by atoms with van der Waals surface area (Å²) in [6, 6.07) is 0. The Morgan fingerprint density at radius 2 is 2.00 bits per heavy atom. The normalized spacial score (nSPS) is 11.7. The predicted molar refractivity (Wildman–Crippen MR) is 53.5 cm³/mol. The SMILES string of the molecule is CCOC(=O)CN(CC)S(=O)(=O)CCl. The Labute approximate surface area is 89.0 Å². The van der Waals surface area contributed by atoms with E-state index in [-0.39, 0.29) is 19.7 Å². The van der Waals surface area contributed by atoms with Gasteiger partial charge in [0.25, 0.3) is 0 Å². The molecular weight excluding hydrogens is 230 g/mol. The number of likely N-dealkylation sites (N-methyl/N-ethyl adjacent to an activating group) is 1. The minimum absolute atomic E-state index is 0.202. The lowest BCUT2D eigenvalue weighted by Crippen LogP contribution is -2.36. The van der Waals surface area contributed by atoms with Crippen LogP contribution in [0, 0.1) is 0 Å². The summed E-state index contributed by atoms with van der Waals surface area (Å²) in [5.41, 5.74) is 0. The summed E-state index contributed by atoms with van der Waals surface area (Å²) in [5.74, 6) is -0.567. The molecule has 0 spiro atoms. The first-order valence-electron chi connectivity index (χ1n) is 4.17. The van der Waals surface area contributed by atoms with Gasteiger partial charge in [-0.25, -0.2) is 8.42 Å². The molecule has 84 valence electrons. The van der Waals surface area contributed by atoms with Crippen molar-refractivity contribution in [3.05, 3.63) is 0 Å². The van der Waals surface area contributed by atoms with Crippen LogP contribution in [0.5, 0.6) is 0 Å². The zero-order valence-corrected chi connectivity index (χ0v) is 9.77. The second-order valence-electron chi connectivity index (χ2n) is 2.45. The van der Waals surface area contributed by atoms with Crippen molar-refractivity contribution in [2.24, 2.45) is 0 Å². The fourth-order valence-corrected chi connectivity index (χ4v) is 2.07. The van der Waals surface area contributed by atoms with Crippen molar-refractivity contribution >= 4 is 27.6 Å². The Morgan fingerprint density at radius 3 is 2.36 bits per heavy atom. The molecule has 5 nitrogen and oxygen atoms in total. The first-order chi connectivity index (χ1) is 6.47. The monoisotopic (exact) mass is 243 g/mol. The Balaban J connectivity index is 4.38. The molecule has 7 heteroatoms. The summed E-state index contributed by atoms with van der Waals surface area (Å²) in [6.07, 6.45) is 0. The number of carbonyl (C=O) groups excluding carboxylic acids is 1. The topological polar surface area (TPSA) is 63.7 Å². The van der Waals surface area contributed by atoms with E-state index in [9.17, 15) is 13.2 Å². The summed E-state index contributed by atoms with van der Waals surface area (Å²) in [4.78, 5) is 11.0. The van der Waals surface area contributed by atoms with Gasteiger partial charge in [0, 0.05) is 6.54 Å². The molecule has 0 aromatic heterocycles. The lowest BCUT2D eigenvalue weighted by molar-refractivity contribution is -0.143. The third kappa shape index (κ3) is 4.26. The molecule has 0 unspecified atom stereocenters. The quantitative estimate of drug-likeness (QED) is 0.500. The van der Waals surface area contributed by atoms with Gasteiger partial charge in [-0.05, 0) is 6.92 Å². The third-order valence-electron chi connectivity index (χ3n) is 1.49. The second kappa shape index (κ2) is 6.21. The van der Waals surface area contributed by atoms with Gasteiger partial charge in [-0.15, -0.1) is 11.6 Å². The van der Waals surface area contributed by atoms with E-state index in [1.807, 2.05) is 0 Å². The fraction of sp³-hybridized carbons (Fsp3) is 0.857. The van der Waals surface area contributed by atoms with Crippen molar-refractivity contribution in [3.63, 3.8) is 0 Å². The minimum Gasteiger partial charge on any atom is -0.465 e. The molecule has 0 saturated carbocycles. The Bertz CT molecular complexity index is 277. The van der Waals surface area contributed by atoms with Crippen LogP contribution in [0.3, 0.4) is 0 Å². The van der Waals surface area contributed by atoms with Crippen LogP contribution in [0.25, 0.3) is 0 Å². The van der Waals surface area contributed by atoms with E-state index in [0.717, 1.165) is 4.31 Å². The van der Waals surface area contributed by atoms with E-state index in [0.29, 0.717) is 0 Å². The molecule has 0 aliphatic carbocycles. The predicted octanol–water partition coefficient (Wildman–Crippen LogP) is 0.398. The van der Waals surface area contributed by atoms with Crippen molar-refractivity contribution in [1.29, 1.82) is 0 Å². The van der Waals surface area contributed by atoms with E-state index in [2.05, 4.69) is 4.74 Å². The number of carbonyl (C=O) groups is 1. The third-order valence-corrected chi connectivity index (χ3v) is 3.77. The van der Waals surface area contributed by atoms with Gasteiger partial charge >= 0.3 is 5.97 Å². The van der Waals surface area contributed by atoms with Crippen molar-refractivity contribution in [3.8, 4) is 0 Å². The highest BCUT2D eigenvalue weighted by atomic mass is 35.5. The summed E-state index contributed by atoms with van der Waals surface area (Å²) >= 11 is 5.25. The minimum atomic E-state index is -3.53. The van der Waals surface area contributed by atoms with Gasteiger partial charge in [0.2, 0.25) is 10.0 Å². The van der Waals surface area contributed by atoms with Gasteiger partial charge in [0.05, 0.1) is 6.61 Å². The molecule has 0 amide bonds. The number of esters is 1. The van der Waals surface area contributed by atoms with Crippen LogP contribution in [0.4, 0.5) is 0 Å². The Kier molecular flexibility index (Phi) is 6.06. The smallest absolute Gasteiger partial charge is 0.321 e. The average molecular weight is 244 g/mol. The van der Waals surface area contributed by atoms with E-state index < -0.39 is 21.2 Å². The lowest BCUT2D eigenvalue weighted by atomic mass is 10.6. The van der Waals surface area contributed by atoms with E-state index >= 15 is 0 Å². The lowest BCUT2D eigenvalue weighted by Gasteiger charge is -2.17. The van der Waals surface area contributed by atoms with Gasteiger partial charge in [-0.1, -0.05) is 6.92 Å². The van der Waals surface area contributed by atoms with Crippen LogP contribution >= 0.6 is 11.6 Å². The molecule has 0 saturated heterocycles. The average Bonchev–Trinajstić information content (AvgIpc) is 2.14. The van der Waals surface area contributed by atoms with Crippen molar-refractivity contribution in [2.45, 2.75) is 13.8 Å². The van der Waals surface area contributed by atoms with Crippen LogP contribution in [-0.2, 0) is 19.6 Å². The maximum atomic E-state index is 11.3. The summed E-state index contributed by atoms with van der Waals surface area (Å²) in [6.45, 7) is 3.44. The Morgan fingerprint density at radius 1 is 1.43 bits per heavy atom. The van der Waals surface area contributed by atoms with Gasteiger partial charge in [-0.3, -0.25) is 4.79 Å². The van der Waals surface area contributed by atoms with Gasteiger partial charge in [0.1, 0.15) is 11.8 Å². The summed E-state index contributed by atoms with van der Waals surface area (Å²) < 4.78 is 28.1. The second-order valence-corrected chi connectivity index (χ2v) is 5.01. The van der Waals surface area contributed by atoms with Crippen LogP contribution in [0.1, 0.15) is 13.8 Å². The van der Waals surface area contributed by atoms with E-state index in [1.54, 1.807) is 13.8 Å². The first kappa shape index (κ1) is 13.7. The zero-order chi connectivity index (χ0) is 11.2. The van der Waals surface area contributed by atoms with Crippen molar-refractivity contribution < 1.29 is 17.9 Å². The highest BCUT2D eigenvalue weighted by molar-refractivity contribution is 7.90. The van der Waals surface area contributed by atoms with Crippen molar-refractivity contribution in [2.75, 3.05) is 24.9 Å². The molecule has 0 aromatic rings. The molecule has 14 heavy (non-hydrogen) atoms. The molecular formula is C7H14ClNO4S. The molecule has 0 N–H and O–H groups in total. The number of nitrogens with zero attached hydrogens (tertiary/aromatic N) is 1. The molecule has 0 fully saturated rings. The van der Waals surface area contributed by atoms with Crippen molar-refractivity contribution in [1.82, 2.24) is 4.31 Å². The molecule has 0 heterocycles. The highest BCUT2D eigenvalue weighted by Gasteiger charge is 2.22. The molecule has 0 aliphatic heterocycles. The maximum Gasteiger partial charge on any atom is 0.321 e. The van der Waals surface area contributed by atoms with Crippen LogP contribution in [0.2, 0.25) is 0 Å². The standard InChI is InChI=1S/C7H14ClNO4S/c1-3-9(14(11,12)6-8)5-7(10)13-4-2/h3-6H2,1-2H3. The zero-order valence-electron chi connectivity index (χ0n) is 8.19. The number of ether oxygens (including phenoxy) is 1. The van der Waals surface area contributed by atoms with Gasteiger partial charge in [-0.2, -0.15) is 4.31 Å². The van der Waals surface area contributed by atoms with Gasteiger partial charge < -0.3 is 4.74 Å². The van der Waals surface area contributed by atoms with Crippen LogP contribution in [-0.4, -0.2) is 43.6 Å². The maximum absolute atomic E-state index is 11.3. The Hall–Kier alpha value is -0.330. The number of sulfonamides is 1. The fourth-order valence-electron chi connectivity index (χ4n) is 0.826. The van der Waals surface area contributed by atoms with Crippen LogP contribution < -0.4 is 0 Å². The molecule has 0 aliphatic rings. The molecule has 0 atom stereocenters. The molecule has 0 radical (unpaired) electrons. The number of halogens is 1. The molecule has 0 aromatic carbocycles. The number of hydrogen-bond donors (Lipinski definition) is 0. The summed E-state index contributed by atoms with van der Waals surface area (Å²) in [5, 5.41) is -0.528. The van der Waals surface area contributed by atoms with E-state index in [1.165, 1.54) is 0 Å². The first-order valence-corrected chi connectivity index (χ1v) is 6.31. The highest BCUT2D eigenvalue weighted by Crippen LogP contribution is 2.03.